The Morgan fingerprint density at radius 3 is 2.38 bits per heavy atom. The molecule has 0 aromatic heterocycles. The van der Waals surface area contributed by atoms with Crippen LogP contribution in [0, 0.1) is 11.3 Å². The highest BCUT2D eigenvalue weighted by Gasteiger charge is 2.33. The fourth-order valence-corrected chi connectivity index (χ4v) is 2.57. The molecule has 24 heavy (non-hydrogen) atoms. The van der Waals surface area contributed by atoms with E-state index in [4.69, 9.17) is 5.26 Å². The number of halogens is 1. The third kappa shape index (κ3) is 3.36. The summed E-state index contributed by atoms with van der Waals surface area (Å²) >= 11 is 3.35. The molecule has 0 radical (unpaired) electrons. The average Bonchev–Trinajstić information content (AvgIpc) is 2.85. The highest BCUT2D eigenvalue weighted by molar-refractivity contribution is 9.10. The summed E-state index contributed by atoms with van der Waals surface area (Å²) in [6, 6.07) is 15.8. The monoisotopic (exact) mass is 381 g/mol. The fraction of sp³-hybridized carbons (Fsp3) is 0.0556. The molecule has 1 aliphatic rings. The molecule has 5 nitrogen and oxygen atoms in total. The summed E-state index contributed by atoms with van der Waals surface area (Å²) in [7, 11) is 0. The first-order valence-corrected chi connectivity index (χ1v) is 7.95. The number of carbonyl (C=O) groups excluding carboxylic acids is 2. The van der Waals surface area contributed by atoms with Gasteiger partial charge in [-0.3, -0.25) is 9.69 Å². The van der Waals surface area contributed by atoms with Gasteiger partial charge in [0.1, 0.15) is 5.70 Å². The predicted molar refractivity (Wildman–Crippen MR) is 92.4 cm³/mol. The number of nitrogens with zero attached hydrogens (tertiary/aromatic N) is 2. The number of rotatable bonds is 3. The molecule has 1 N–H and O–H groups in total. The quantitative estimate of drug-likeness (QED) is 0.653. The van der Waals surface area contributed by atoms with Crippen molar-refractivity contribution in [1.29, 1.82) is 5.26 Å². The van der Waals surface area contributed by atoms with Crippen molar-refractivity contribution in [3.8, 4) is 6.07 Å². The number of nitrogens with one attached hydrogen (secondary N) is 1. The summed E-state index contributed by atoms with van der Waals surface area (Å²) in [6.45, 7) is 0.211. The second-order valence-electron chi connectivity index (χ2n) is 5.24. The van der Waals surface area contributed by atoms with E-state index in [-0.39, 0.29) is 18.1 Å². The standard InChI is InChI=1S/C18H12BrN3O2/c19-15-7-5-14(6-8-15)11-22-17(23)16(21-18(22)24)9-12-1-3-13(10-20)4-2-12/h1-9H,11H2,(H,21,24)/b16-9-. The Bertz CT molecular complexity index is 865. The lowest BCUT2D eigenvalue weighted by Crippen LogP contribution is -2.30. The Balaban J connectivity index is 1.79. The fourth-order valence-electron chi connectivity index (χ4n) is 2.31. The number of hydrogen-bond donors (Lipinski definition) is 1. The van der Waals surface area contributed by atoms with Crippen LogP contribution in [0.5, 0.6) is 0 Å². The molecule has 0 aliphatic carbocycles. The molecule has 2 aromatic carbocycles. The van der Waals surface area contributed by atoms with Gasteiger partial charge in [-0.1, -0.05) is 40.2 Å². The Hall–Kier alpha value is -2.91. The lowest BCUT2D eigenvalue weighted by Gasteiger charge is -2.11. The molecular weight excluding hydrogens is 370 g/mol. The van der Waals surface area contributed by atoms with E-state index in [1.165, 1.54) is 4.90 Å². The molecule has 3 amide bonds. The van der Waals surface area contributed by atoms with Crippen molar-refractivity contribution in [3.05, 3.63) is 75.4 Å². The molecule has 0 unspecified atom stereocenters. The molecule has 3 rings (SSSR count). The van der Waals surface area contributed by atoms with Gasteiger partial charge in [0.05, 0.1) is 18.2 Å². The van der Waals surface area contributed by atoms with Gasteiger partial charge in [-0.25, -0.2) is 4.79 Å². The van der Waals surface area contributed by atoms with Crippen LogP contribution in [0.4, 0.5) is 4.79 Å². The summed E-state index contributed by atoms with van der Waals surface area (Å²) in [6.07, 6.45) is 1.60. The van der Waals surface area contributed by atoms with Crippen molar-refractivity contribution in [2.24, 2.45) is 0 Å². The maximum absolute atomic E-state index is 12.4. The van der Waals surface area contributed by atoms with Gasteiger partial charge in [0.2, 0.25) is 0 Å². The van der Waals surface area contributed by atoms with Crippen molar-refractivity contribution in [2.75, 3.05) is 0 Å². The third-order valence-corrected chi connectivity index (χ3v) is 4.10. The Kier molecular flexibility index (Phi) is 4.45. The summed E-state index contributed by atoms with van der Waals surface area (Å²) in [5.74, 6) is -0.368. The zero-order chi connectivity index (χ0) is 17.1. The molecule has 0 saturated carbocycles. The van der Waals surface area contributed by atoms with E-state index in [0.29, 0.717) is 5.56 Å². The molecule has 2 aromatic rings. The predicted octanol–water partition coefficient (Wildman–Crippen LogP) is 3.41. The maximum Gasteiger partial charge on any atom is 0.329 e. The van der Waals surface area contributed by atoms with Crippen LogP contribution in [0.2, 0.25) is 0 Å². The van der Waals surface area contributed by atoms with Gasteiger partial charge in [-0.05, 0) is 41.5 Å². The van der Waals surface area contributed by atoms with Crippen LogP contribution in [0.15, 0.2) is 58.7 Å². The summed E-state index contributed by atoms with van der Waals surface area (Å²) < 4.78 is 0.935. The molecule has 1 heterocycles. The Morgan fingerprint density at radius 2 is 1.75 bits per heavy atom. The number of carbonyl (C=O) groups is 2. The number of nitriles is 1. The van der Waals surface area contributed by atoms with E-state index < -0.39 is 6.03 Å². The SMILES string of the molecule is N#Cc1ccc(/C=C2\NC(=O)N(Cc3ccc(Br)cc3)C2=O)cc1. The minimum atomic E-state index is -0.442. The van der Waals surface area contributed by atoms with E-state index in [1.54, 1.807) is 30.3 Å². The zero-order valence-corrected chi connectivity index (χ0v) is 14.1. The van der Waals surface area contributed by atoms with Crippen molar-refractivity contribution >= 4 is 33.9 Å². The number of amides is 3. The van der Waals surface area contributed by atoms with Gasteiger partial charge in [0, 0.05) is 4.47 Å². The molecule has 0 bridgehead atoms. The largest absolute Gasteiger partial charge is 0.329 e. The highest BCUT2D eigenvalue weighted by Crippen LogP contribution is 2.18. The minimum absolute atomic E-state index is 0.211. The van der Waals surface area contributed by atoms with Crippen LogP contribution < -0.4 is 5.32 Å². The van der Waals surface area contributed by atoms with E-state index in [2.05, 4.69) is 21.2 Å². The van der Waals surface area contributed by atoms with Crippen molar-refractivity contribution in [1.82, 2.24) is 10.2 Å². The number of hydrogen-bond acceptors (Lipinski definition) is 3. The van der Waals surface area contributed by atoms with E-state index in [0.717, 1.165) is 15.6 Å². The van der Waals surface area contributed by atoms with E-state index in [1.807, 2.05) is 30.3 Å². The Labute approximate surface area is 147 Å². The number of imide groups is 1. The van der Waals surface area contributed by atoms with Crippen molar-refractivity contribution in [3.63, 3.8) is 0 Å². The van der Waals surface area contributed by atoms with Crippen LogP contribution >= 0.6 is 15.9 Å². The minimum Gasteiger partial charge on any atom is -0.303 e. The lowest BCUT2D eigenvalue weighted by molar-refractivity contribution is -0.123. The average molecular weight is 382 g/mol. The zero-order valence-electron chi connectivity index (χ0n) is 12.5. The maximum atomic E-state index is 12.4. The Morgan fingerprint density at radius 1 is 1.08 bits per heavy atom. The van der Waals surface area contributed by atoms with Crippen molar-refractivity contribution < 1.29 is 9.59 Å². The summed E-state index contributed by atoms with van der Waals surface area (Å²) in [4.78, 5) is 25.7. The van der Waals surface area contributed by atoms with Crippen LogP contribution in [0.25, 0.3) is 6.08 Å². The van der Waals surface area contributed by atoms with Gasteiger partial charge >= 0.3 is 6.03 Å². The molecule has 1 aliphatic heterocycles. The van der Waals surface area contributed by atoms with E-state index in [9.17, 15) is 9.59 Å². The molecule has 0 spiro atoms. The van der Waals surface area contributed by atoms with Gasteiger partial charge < -0.3 is 5.32 Å². The second-order valence-corrected chi connectivity index (χ2v) is 6.16. The van der Waals surface area contributed by atoms with Gasteiger partial charge in [-0.15, -0.1) is 0 Å². The van der Waals surface area contributed by atoms with Gasteiger partial charge in [0.25, 0.3) is 5.91 Å². The number of urea groups is 1. The van der Waals surface area contributed by atoms with Gasteiger partial charge in [0.15, 0.2) is 0 Å². The van der Waals surface area contributed by atoms with Crippen LogP contribution in [-0.4, -0.2) is 16.8 Å². The molecule has 0 atom stereocenters. The van der Waals surface area contributed by atoms with Crippen molar-refractivity contribution in [2.45, 2.75) is 6.54 Å². The topological polar surface area (TPSA) is 73.2 Å². The highest BCUT2D eigenvalue weighted by atomic mass is 79.9. The smallest absolute Gasteiger partial charge is 0.303 e. The van der Waals surface area contributed by atoms with E-state index >= 15 is 0 Å². The molecule has 118 valence electrons. The first kappa shape index (κ1) is 16.0. The van der Waals surface area contributed by atoms with Crippen LogP contribution in [0.3, 0.4) is 0 Å². The summed E-state index contributed by atoms with van der Waals surface area (Å²) in [5.41, 5.74) is 2.36. The molecule has 6 heteroatoms. The summed E-state index contributed by atoms with van der Waals surface area (Å²) in [5, 5.41) is 11.4. The molecule has 1 fully saturated rings. The van der Waals surface area contributed by atoms with Gasteiger partial charge in [-0.2, -0.15) is 5.26 Å². The first-order chi connectivity index (χ1) is 11.6. The molecule has 1 saturated heterocycles. The normalized spacial score (nSPS) is 15.5. The van der Waals surface area contributed by atoms with Crippen LogP contribution in [0.1, 0.15) is 16.7 Å². The van der Waals surface area contributed by atoms with Crippen LogP contribution in [-0.2, 0) is 11.3 Å². The second kappa shape index (κ2) is 6.69. The number of benzene rings is 2. The molecular formula is C18H12BrN3O2. The third-order valence-electron chi connectivity index (χ3n) is 3.57. The first-order valence-electron chi connectivity index (χ1n) is 7.16. The lowest BCUT2D eigenvalue weighted by atomic mass is 10.1.